The van der Waals surface area contributed by atoms with E-state index in [0.29, 0.717) is 16.8 Å². The van der Waals surface area contributed by atoms with E-state index in [1.165, 1.54) is 5.56 Å². The van der Waals surface area contributed by atoms with Crippen LogP contribution in [0.25, 0.3) is 17.0 Å². The summed E-state index contributed by atoms with van der Waals surface area (Å²) >= 11 is 5.85. The maximum Gasteiger partial charge on any atom is 0.258 e. The van der Waals surface area contributed by atoms with Gasteiger partial charge in [0.1, 0.15) is 5.75 Å². The zero-order valence-electron chi connectivity index (χ0n) is 20.1. The number of aromatic nitrogens is 2. The minimum absolute atomic E-state index is 0.287. The minimum atomic E-state index is -0.287. The van der Waals surface area contributed by atoms with Crippen molar-refractivity contribution in [2.24, 2.45) is 0 Å². The summed E-state index contributed by atoms with van der Waals surface area (Å²) in [6.07, 6.45) is 0. The number of nitrogens with zero attached hydrogens (tertiary/aromatic N) is 3. The van der Waals surface area contributed by atoms with Crippen molar-refractivity contribution < 1.29 is 9.26 Å². The second-order valence-corrected chi connectivity index (χ2v) is 9.01. The summed E-state index contributed by atoms with van der Waals surface area (Å²) in [6, 6.07) is 23.9. The summed E-state index contributed by atoms with van der Waals surface area (Å²) in [5.74, 6) is 1.75. The average molecular weight is 483 g/mol. The fourth-order valence-electron chi connectivity index (χ4n) is 4.32. The highest BCUT2D eigenvalue weighted by Crippen LogP contribution is 2.40. The third-order valence-corrected chi connectivity index (χ3v) is 6.44. The maximum atomic E-state index is 5.85. The van der Waals surface area contributed by atoms with E-state index in [0.717, 1.165) is 39.4 Å². The van der Waals surface area contributed by atoms with Gasteiger partial charge in [-0.25, -0.2) is 0 Å². The van der Waals surface area contributed by atoms with Crippen LogP contribution >= 0.6 is 12.2 Å². The molecule has 1 aliphatic heterocycles. The Bertz CT molecular complexity index is 1420. The molecule has 0 radical (unpaired) electrons. The predicted molar refractivity (Wildman–Crippen MR) is 142 cm³/mol. The molecule has 6 nitrogen and oxygen atoms in total. The molecule has 4 aromatic rings. The number of ether oxygens (including phenoxy) is 1. The second kappa shape index (κ2) is 9.35. The normalized spacial score (nSPS) is 15.8. The van der Waals surface area contributed by atoms with Crippen LogP contribution in [0, 0.1) is 13.8 Å². The molecule has 2 heterocycles. The lowest BCUT2D eigenvalue weighted by Crippen LogP contribution is -2.46. The number of hydrogen-bond donors (Lipinski definition) is 1. The lowest BCUT2D eigenvalue weighted by atomic mass is 9.94. The molecule has 1 unspecified atom stereocenters. The highest BCUT2D eigenvalue weighted by atomic mass is 32.1. The van der Waals surface area contributed by atoms with Gasteiger partial charge in [0, 0.05) is 16.9 Å². The van der Waals surface area contributed by atoms with Gasteiger partial charge in [-0.05, 0) is 68.4 Å². The monoisotopic (exact) mass is 482 g/mol. The summed E-state index contributed by atoms with van der Waals surface area (Å²) in [6.45, 7) is 6.15. The molecule has 0 amide bonds. The summed E-state index contributed by atoms with van der Waals surface area (Å²) < 4.78 is 11.3. The number of thiocarbonyl (C=S) groups is 1. The van der Waals surface area contributed by atoms with Gasteiger partial charge in [0.25, 0.3) is 5.89 Å². The summed E-state index contributed by atoms with van der Waals surface area (Å²) in [5.41, 5.74) is 6.96. The molecule has 0 bridgehead atoms. The highest BCUT2D eigenvalue weighted by Gasteiger charge is 2.35. The molecule has 5 rings (SSSR count). The third-order valence-electron chi connectivity index (χ3n) is 6.14. The van der Waals surface area contributed by atoms with Crippen molar-refractivity contribution in [1.82, 2.24) is 15.5 Å². The van der Waals surface area contributed by atoms with E-state index in [-0.39, 0.29) is 6.04 Å². The van der Waals surface area contributed by atoms with E-state index < -0.39 is 0 Å². The zero-order chi connectivity index (χ0) is 24.5. The van der Waals surface area contributed by atoms with Crippen molar-refractivity contribution in [2.45, 2.75) is 26.8 Å². The van der Waals surface area contributed by atoms with Gasteiger partial charge in [0.05, 0.1) is 18.7 Å². The van der Waals surface area contributed by atoms with Crippen LogP contribution in [0.3, 0.4) is 0 Å². The fraction of sp³-hybridized carbons (Fsp3) is 0.179. The molecule has 35 heavy (non-hydrogen) atoms. The molecule has 1 N–H and O–H groups in total. The number of rotatable bonds is 5. The smallest absolute Gasteiger partial charge is 0.258 e. The Hall–Kier alpha value is -3.97. The predicted octanol–water partition coefficient (Wildman–Crippen LogP) is 6.23. The second-order valence-electron chi connectivity index (χ2n) is 8.62. The van der Waals surface area contributed by atoms with Crippen LogP contribution in [-0.2, 0) is 0 Å². The van der Waals surface area contributed by atoms with Gasteiger partial charge >= 0.3 is 0 Å². The molecule has 1 atom stereocenters. The number of hydrogen-bond acceptors (Lipinski definition) is 5. The lowest BCUT2D eigenvalue weighted by molar-refractivity contribution is 0.403. The van der Waals surface area contributed by atoms with Gasteiger partial charge in [-0.1, -0.05) is 59.3 Å². The minimum Gasteiger partial charge on any atom is -0.497 e. The molecule has 0 aliphatic carbocycles. The van der Waals surface area contributed by atoms with Crippen LogP contribution < -0.4 is 15.0 Å². The maximum absolute atomic E-state index is 5.85. The van der Waals surface area contributed by atoms with E-state index in [4.69, 9.17) is 26.5 Å². The molecule has 176 valence electrons. The van der Waals surface area contributed by atoms with E-state index in [1.54, 1.807) is 7.11 Å². The van der Waals surface area contributed by atoms with E-state index >= 15 is 0 Å². The van der Waals surface area contributed by atoms with Gasteiger partial charge in [0.2, 0.25) is 5.82 Å². The van der Waals surface area contributed by atoms with E-state index in [1.807, 2.05) is 72.5 Å². The molecule has 0 spiro atoms. The van der Waals surface area contributed by atoms with Crippen LogP contribution in [0.5, 0.6) is 5.75 Å². The van der Waals surface area contributed by atoms with Gasteiger partial charge in [0.15, 0.2) is 5.11 Å². The van der Waals surface area contributed by atoms with Crippen molar-refractivity contribution in [3.63, 3.8) is 0 Å². The van der Waals surface area contributed by atoms with Crippen molar-refractivity contribution in [1.29, 1.82) is 0 Å². The highest BCUT2D eigenvalue weighted by molar-refractivity contribution is 7.80. The van der Waals surface area contributed by atoms with Crippen LogP contribution in [-0.4, -0.2) is 22.4 Å². The standard InChI is InChI=1S/C28H26N4O2S/c1-17-11-13-20(14-12-17)26-30-27(34-31-26)24-19(3)32(22-9-5-7-18(2)15-22)28(35)29-25(24)21-8-6-10-23(16-21)33-4/h5-16,25H,1-4H3,(H,29,35). The Morgan fingerprint density at radius 2 is 1.71 bits per heavy atom. The lowest BCUT2D eigenvalue weighted by Gasteiger charge is -2.37. The van der Waals surface area contributed by atoms with Crippen molar-refractivity contribution in [2.75, 3.05) is 12.0 Å². The van der Waals surface area contributed by atoms with Crippen LogP contribution in [0.4, 0.5) is 5.69 Å². The Kier molecular flexibility index (Phi) is 6.09. The van der Waals surface area contributed by atoms with Gasteiger partial charge in [-0.2, -0.15) is 4.98 Å². The Balaban J connectivity index is 1.66. The largest absolute Gasteiger partial charge is 0.497 e. The molecular weight excluding hydrogens is 456 g/mol. The molecule has 0 saturated heterocycles. The fourth-order valence-corrected chi connectivity index (χ4v) is 4.68. The molecule has 0 saturated carbocycles. The summed E-state index contributed by atoms with van der Waals surface area (Å²) in [4.78, 5) is 6.81. The number of anilines is 1. The first kappa shape index (κ1) is 22.8. The quantitative estimate of drug-likeness (QED) is 0.338. The number of nitrogens with one attached hydrogen (secondary N) is 1. The zero-order valence-corrected chi connectivity index (χ0v) is 20.9. The third kappa shape index (κ3) is 4.42. The number of aryl methyl sites for hydroxylation is 2. The number of allylic oxidation sites excluding steroid dienone is 1. The average Bonchev–Trinajstić information content (AvgIpc) is 3.34. The molecule has 1 aliphatic rings. The first-order valence-corrected chi connectivity index (χ1v) is 11.8. The van der Waals surface area contributed by atoms with Crippen molar-refractivity contribution in [3.05, 3.63) is 101 Å². The SMILES string of the molecule is COc1cccc(C2NC(=S)N(c3cccc(C)c3)C(C)=C2c2nc(-c3ccc(C)cc3)no2)c1. The number of benzene rings is 3. The number of methoxy groups -OCH3 is 1. The molecule has 7 heteroatoms. The van der Waals surface area contributed by atoms with Crippen molar-refractivity contribution in [3.8, 4) is 17.1 Å². The first-order chi connectivity index (χ1) is 16.9. The molecule has 1 aromatic heterocycles. The Morgan fingerprint density at radius 1 is 0.943 bits per heavy atom. The Morgan fingerprint density at radius 3 is 2.46 bits per heavy atom. The van der Waals surface area contributed by atoms with Crippen LogP contribution in [0.15, 0.2) is 83.0 Å². The van der Waals surface area contributed by atoms with E-state index in [9.17, 15) is 0 Å². The van der Waals surface area contributed by atoms with Gasteiger partial charge in [-0.15, -0.1) is 0 Å². The summed E-state index contributed by atoms with van der Waals surface area (Å²) in [5, 5.41) is 8.40. The molecular formula is C28H26N4O2S. The van der Waals surface area contributed by atoms with Crippen LogP contribution in [0.2, 0.25) is 0 Å². The molecule has 3 aromatic carbocycles. The topological polar surface area (TPSA) is 63.4 Å². The Labute approximate surface area is 210 Å². The summed E-state index contributed by atoms with van der Waals surface area (Å²) in [7, 11) is 1.66. The van der Waals surface area contributed by atoms with Crippen molar-refractivity contribution >= 4 is 28.6 Å². The van der Waals surface area contributed by atoms with Gasteiger partial charge < -0.3 is 14.6 Å². The first-order valence-electron chi connectivity index (χ1n) is 11.4. The molecule has 0 fully saturated rings. The van der Waals surface area contributed by atoms with Crippen LogP contribution in [0.1, 0.15) is 35.5 Å². The van der Waals surface area contributed by atoms with Gasteiger partial charge in [-0.3, -0.25) is 4.90 Å². The van der Waals surface area contributed by atoms with E-state index in [2.05, 4.69) is 36.5 Å².